The molecule has 0 saturated carbocycles. The molecule has 1 atom stereocenters. The third-order valence-corrected chi connectivity index (χ3v) is 11.6. The number of esters is 3. The van der Waals surface area contributed by atoms with E-state index in [1.807, 2.05) is 0 Å². The largest absolute Gasteiger partial charge is 0.462 e. The molecule has 0 rings (SSSR count). The summed E-state index contributed by atoms with van der Waals surface area (Å²) in [5.74, 6) is -1.00. The van der Waals surface area contributed by atoms with Gasteiger partial charge in [-0.05, 0) is 141 Å². The van der Waals surface area contributed by atoms with Gasteiger partial charge in [0.1, 0.15) is 13.2 Å². The molecule has 1 unspecified atom stereocenters. The van der Waals surface area contributed by atoms with Crippen molar-refractivity contribution in [3.8, 4) is 0 Å². The van der Waals surface area contributed by atoms with E-state index in [0.717, 1.165) is 141 Å². The van der Waals surface area contributed by atoms with Crippen LogP contribution in [-0.4, -0.2) is 37.2 Å². The molecule has 0 aliphatic heterocycles. The lowest BCUT2D eigenvalue weighted by molar-refractivity contribution is -0.167. The summed E-state index contributed by atoms with van der Waals surface area (Å²) in [5, 5.41) is 0. The standard InChI is InChI=1S/C66H104O6/c1-4-7-10-13-16-19-22-25-27-28-29-30-31-32-33-34-35-36-37-38-39-42-44-47-50-53-56-59-65(68)71-62-63(61-70-64(67)58-55-52-49-46-43-40-24-21-18-15-12-9-6-3)72-66(69)60-57-54-51-48-45-41-26-23-20-17-14-11-8-5-2/h7,9-10,12,16,18-19,21,23,25-27,29-30,32-33,35-36,38-40,43-44,47,63H,4-6,8,11,13-15,17,20,22,24,28,31,34,37,41-42,45-46,48-62H2,1-3H3/b10-7-,12-9-,19-16-,21-18-,26-23-,27-25-,30-29-,33-32-,36-35-,39-38-,43-40-,47-44-. The van der Waals surface area contributed by atoms with Crippen molar-refractivity contribution in [1.29, 1.82) is 0 Å². The van der Waals surface area contributed by atoms with Crippen LogP contribution in [0, 0.1) is 0 Å². The molecular formula is C66H104O6. The first-order valence-corrected chi connectivity index (χ1v) is 28.8. The molecule has 0 saturated heterocycles. The Hall–Kier alpha value is -4.71. The molecule has 0 radical (unpaired) electrons. The minimum Gasteiger partial charge on any atom is -0.462 e. The van der Waals surface area contributed by atoms with Crippen LogP contribution in [0.2, 0.25) is 0 Å². The van der Waals surface area contributed by atoms with E-state index in [-0.39, 0.29) is 37.5 Å². The Bertz CT molecular complexity index is 1610. The van der Waals surface area contributed by atoms with Crippen LogP contribution in [0.5, 0.6) is 0 Å². The molecule has 404 valence electrons. The highest BCUT2D eigenvalue weighted by atomic mass is 16.6. The van der Waals surface area contributed by atoms with Gasteiger partial charge in [-0.15, -0.1) is 0 Å². The highest BCUT2D eigenvalue weighted by Crippen LogP contribution is 2.13. The first kappa shape index (κ1) is 67.3. The lowest BCUT2D eigenvalue weighted by Gasteiger charge is -2.18. The third kappa shape index (κ3) is 56.2. The summed E-state index contributed by atoms with van der Waals surface area (Å²) in [6.07, 6.45) is 84.2. The monoisotopic (exact) mass is 993 g/mol. The zero-order valence-corrected chi connectivity index (χ0v) is 46.1. The second-order valence-corrected chi connectivity index (χ2v) is 18.4. The minimum atomic E-state index is -0.818. The van der Waals surface area contributed by atoms with Crippen molar-refractivity contribution in [3.05, 3.63) is 146 Å². The molecule has 72 heavy (non-hydrogen) atoms. The van der Waals surface area contributed by atoms with Gasteiger partial charge in [-0.2, -0.15) is 0 Å². The molecule has 0 bridgehead atoms. The normalized spacial score (nSPS) is 13.2. The van der Waals surface area contributed by atoms with E-state index in [4.69, 9.17) is 14.2 Å². The van der Waals surface area contributed by atoms with Crippen LogP contribution in [0.1, 0.15) is 233 Å². The molecule has 0 aliphatic rings. The Labute approximate surface area is 442 Å². The average Bonchev–Trinajstić information content (AvgIpc) is 3.38. The zero-order chi connectivity index (χ0) is 52.2. The molecule has 0 spiro atoms. The van der Waals surface area contributed by atoms with Crippen molar-refractivity contribution in [2.75, 3.05) is 13.2 Å². The molecule has 0 aromatic heterocycles. The predicted octanol–water partition coefficient (Wildman–Crippen LogP) is 19.6. The number of hydrogen-bond acceptors (Lipinski definition) is 6. The summed E-state index contributed by atoms with van der Waals surface area (Å²) in [6, 6.07) is 0. The molecule has 6 nitrogen and oxygen atoms in total. The summed E-state index contributed by atoms with van der Waals surface area (Å²) < 4.78 is 16.8. The van der Waals surface area contributed by atoms with E-state index in [0.29, 0.717) is 19.3 Å². The molecule has 0 aromatic rings. The van der Waals surface area contributed by atoms with Gasteiger partial charge in [-0.3, -0.25) is 14.4 Å². The molecule has 0 amide bonds. The summed E-state index contributed by atoms with van der Waals surface area (Å²) >= 11 is 0. The first-order chi connectivity index (χ1) is 35.5. The Kier molecular flexibility index (Phi) is 55.0. The first-order valence-electron chi connectivity index (χ1n) is 28.8. The fourth-order valence-corrected chi connectivity index (χ4v) is 7.29. The maximum Gasteiger partial charge on any atom is 0.306 e. The van der Waals surface area contributed by atoms with Gasteiger partial charge in [0.05, 0.1) is 0 Å². The van der Waals surface area contributed by atoms with Crippen LogP contribution in [0.15, 0.2) is 146 Å². The molecule has 0 aliphatic carbocycles. The predicted molar refractivity (Wildman–Crippen MR) is 311 cm³/mol. The molecule has 0 fully saturated rings. The quantitative estimate of drug-likeness (QED) is 0.0261. The van der Waals surface area contributed by atoms with Gasteiger partial charge in [0.25, 0.3) is 0 Å². The minimum absolute atomic E-state index is 0.116. The smallest absolute Gasteiger partial charge is 0.306 e. The van der Waals surface area contributed by atoms with Crippen LogP contribution in [0.25, 0.3) is 0 Å². The van der Waals surface area contributed by atoms with Gasteiger partial charge >= 0.3 is 17.9 Å². The highest BCUT2D eigenvalue weighted by Gasteiger charge is 2.19. The summed E-state index contributed by atoms with van der Waals surface area (Å²) in [5.41, 5.74) is 0. The van der Waals surface area contributed by atoms with Gasteiger partial charge in [0.15, 0.2) is 6.10 Å². The van der Waals surface area contributed by atoms with Gasteiger partial charge < -0.3 is 14.2 Å². The summed E-state index contributed by atoms with van der Waals surface area (Å²) in [4.78, 5) is 38.1. The maximum atomic E-state index is 12.8. The number of carbonyl (C=O) groups is 3. The van der Waals surface area contributed by atoms with E-state index in [2.05, 4.69) is 167 Å². The lowest BCUT2D eigenvalue weighted by Crippen LogP contribution is -2.30. The van der Waals surface area contributed by atoms with Crippen molar-refractivity contribution in [2.45, 2.75) is 239 Å². The topological polar surface area (TPSA) is 78.9 Å². The van der Waals surface area contributed by atoms with Crippen molar-refractivity contribution in [2.24, 2.45) is 0 Å². The van der Waals surface area contributed by atoms with Gasteiger partial charge in [-0.1, -0.05) is 218 Å². The second-order valence-electron chi connectivity index (χ2n) is 18.4. The molecule has 0 N–H and O–H groups in total. The van der Waals surface area contributed by atoms with Crippen LogP contribution < -0.4 is 0 Å². The summed E-state index contributed by atoms with van der Waals surface area (Å²) in [6.45, 7) is 6.31. The highest BCUT2D eigenvalue weighted by molar-refractivity contribution is 5.71. The van der Waals surface area contributed by atoms with Crippen LogP contribution in [0.4, 0.5) is 0 Å². The van der Waals surface area contributed by atoms with Crippen molar-refractivity contribution >= 4 is 17.9 Å². The van der Waals surface area contributed by atoms with Crippen molar-refractivity contribution in [3.63, 3.8) is 0 Å². The number of rotatable bonds is 50. The Morgan fingerprint density at radius 1 is 0.292 bits per heavy atom. The fourth-order valence-electron chi connectivity index (χ4n) is 7.29. The van der Waals surface area contributed by atoms with E-state index >= 15 is 0 Å². The molecule has 6 heteroatoms. The van der Waals surface area contributed by atoms with Crippen LogP contribution in [0.3, 0.4) is 0 Å². The van der Waals surface area contributed by atoms with Crippen LogP contribution >= 0.6 is 0 Å². The summed E-state index contributed by atoms with van der Waals surface area (Å²) in [7, 11) is 0. The number of unbranched alkanes of at least 4 members (excludes halogenated alkanes) is 15. The zero-order valence-electron chi connectivity index (χ0n) is 46.1. The molecule has 0 heterocycles. The number of carbonyl (C=O) groups excluding carboxylic acids is 3. The number of hydrogen-bond donors (Lipinski definition) is 0. The van der Waals surface area contributed by atoms with Crippen LogP contribution in [-0.2, 0) is 28.6 Å². The number of ether oxygens (including phenoxy) is 3. The number of allylic oxidation sites excluding steroid dienone is 24. The van der Waals surface area contributed by atoms with Gasteiger partial charge in [-0.25, -0.2) is 0 Å². The average molecular weight is 994 g/mol. The van der Waals surface area contributed by atoms with E-state index in [9.17, 15) is 14.4 Å². The van der Waals surface area contributed by atoms with Crippen molar-refractivity contribution in [1.82, 2.24) is 0 Å². The van der Waals surface area contributed by atoms with E-state index < -0.39 is 6.10 Å². The fraction of sp³-hybridized carbons (Fsp3) is 0.591. The lowest BCUT2D eigenvalue weighted by atomic mass is 10.1. The Morgan fingerprint density at radius 3 is 0.903 bits per heavy atom. The maximum absolute atomic E-state index is 12.8. The molecular weight excluding hydrogens is 889 g/mol. The van der Waals surface area contributed by atoms with Gasteiger partial charge in [0, 0.05) is 19.3 Å². The van der Waals surface area contributed by atoms with Gasteiger partial charge in [0.2, 0.25) is 0 Å². The van der Waals surface area contributed by atoms with E-state index in [1.54, 1.807) is 0 Å². The second kappa shape index (κ2) is 58.9. The third-order valence-electron chi connectivity index (χ3n) is 11.6. The SMILES string of the molecule is CC/C=C\C/C=C\C/C=C\C/C=C\C/C=C\C/C=C\C/C=C\C/C=C\CCCCC(=O)OCC(COC(=O)CCCCC/C=C\C/C=C\C/C=C\CC)OC(=O)CCCCCCC/C=C\CCCCCCC. The van der Waals surface area contributed by atoms with E-state index in [1.165, 1.54) is 44.9 Å². The Balaban J connectivity index is 4.46. The van der Waals surface area contributed by atoms with Crippen molar-refractivity contribution < 1.29 is 28.6 Å². The molecule has 0 aromatic carbocycles. The Morgan fingerprint density at radius 2 is 0.542 bits per heavy atom.